The zero-order valence-corrected chi connectivity index (χ0v) is 23.6. The Balaban J connectivity index is 1.06. The van der Waals surface area contributed by atoms with E-state index in [0.29, 0.717) is 32.3 Å². The molecule has 4 aromatic rings. The van der Waals surface area contributed by atoms with Crippen molar-refractivity contribution in [1.82, 2.24) is 5.06 Å². The monoisotopic (exact) mass is 547 g/mol. The van der Waals surface area contributed by atoms with Gasteiger partial charge in [-0.05, 0) is 64.9 Å². The summed E-state index contributed by atoms with van der Waals surface area (Å²) in [4.78, 5) is 6.22. The average molecular weight is 548 g/mol. The SMILES string of the molecule is COc1cc(CON2CCC(c3ccc(OCCCOCc4ccsc4)cc3)CC2)c(OC)c2ccccc12. The maximum Gasteiger partial charge on any atom is 0.132 e. The van der Waals surface area contributed by atoms with Crippen LogP contribution in [0.4, 0.5) is 0 Å². The largest absolute Gasteiger partial charge is 0.496 e. The third-order valence-corrected chi connectivity index (χ3v) is 7.95. The molecule has 0 amide bonds. The predicted molar refractivity (Wildman–Crippen MR) is 156 cm³/mol. The van der Waals surface area contributed by atoms with E-state index in [2.05, 4.69) is 52.2 Å². The summed E-state index contributed by atoms with van der Waals surface area (Å²) in [5.41, 5.74) is 3.58. The molecule has 5 rings (SSSR count). The second-order valence-electron chi connectivity index (χ2n) is 9.75. The number of ether oxygens (including phenoxy) is 4. The van der Waals surface area contributed by atoms with Crippen molar-refractivity contribution in [1.29, 1.82) is 0 Å². The lowest BCUT2D eigenvalue weighted by molar-refractivity contribution is -0.180. The summed E-state index contributed by atoms with van der Waals surface area (Å²) in [5.74, 6) is 3.12. The van der Waals surface area contributed by atoms with Crippen molar-refractivity contribution < 1.29 is 23.8 Å². The van der Waals surface area contributed by atoms with Crippen LogP contribution in [0.15, 0.2) is 71.4 Å². The summed E-state index contributed by atoms with van der Waals surface area (Å²) < 4.78 is 23.0. The second-order valence-corrected chi connectivity index (χ2v) is 10.5. The van der Waals surface area contributed by atoms with E-state index in [0.717, 1.165) is 65.9 Å². The van der Waals surface area contributed by atoms with Crippen LogP contribution >= 0.6 is 11.3 Å². The summed E-state index contributed by atoms with van der Waals surface area (Å²) in [6, 6.07) is 20.8. The van der Waals surface area contributed by atoms with Crippen molar-refractivity contribution >= 4 is 22.1 Å². The Morgan fingerprint density at radius 2 is 1.67 bits per heavy atom. The molecule has 0 saturated carbocycles. The molecule has 1 saturated heterocycles. The summed E-state index contributed by atoms with van der Waals surface area (Å²) in [5, 5.41) is 8.35. The van der Waals surface area contributed by atoms with Gasteiger partial charge in [0.2, 0.25) is 0 Å². The zero-order chi connectivity index (χ0) is 26.9. The highest BCUT2D eigenvalue weighted by molar-refractivity contribution is 7.07. The van der Waals surface area contributed by atoms with E-state index in [1.807, 2.05) is 24.3 Å². The minimum atomic E-state index is 0.445. The summed E-state index contributed by atoms with van der Waals surface area (Å²) in [7, 11) is 3.41. The smallest absolute Gasteiger partial charge is 0.132 e. The summed E-state index contributed by atoms with van der Waals surface area (Å²) >= 11 is 1.70. The van der Waals surface area contributed by atoms with Crippen LogP contribution in [0.25, 0.3) is 10.8 Å². The zero-order valence-electron chi connectivity index (χ0n) is 22.8. The van der Waals surface area contributed by atoms with E-state index >= 15 is 0 Å². The average Bonchev–Trinajstić information content (AvgIpc) is 3.51. The Morgan fingerprint density at radius 3 is 2.38 bits per heavy atom. The van der Waals surface area contributed by atoms with Gasteiger partial charge in [-0.25, -0.2) is 0 Å². The third kappa shape index (κ3) is 7.11. The highest BCUT2D eigenvalue weighted by Gasteiger charge is 2.22. The van der Waals surface area contributed by atoms with Crippen molar-refractivity contribution in [2.24, 2.45) is 0 Å². The minimum absolute atomic E-state index is 0.445. The highest BCUT2D eigenvalue weighted by atomic mass is 32.1. The van der Waals surface area contributed by atoms with Crippen molar-refractivity contribution in [3.8, 4) is 17.2 Å². The molecule has 0 unspecified atom stereocenters. The fourth-order valence-electron chi connectivity index (χ4n) is 5.12. The van der Waals surface area contributed by atoms with E-state index in [9.17, 15) is 0 Å². The molecular formula is C32H37NO5S. The molecule has 0 aliphatic carbocycles. The van der Waals surface area contributed by atoms with Crippen molar-refractivity contribution in [3.63, 3.8) is 0 Å². The summed E-state index contributed by atoms with van der Waals surface area (Å²) in [6.45, 7) is 4.26. The molecule has 0 N–H and O–H groups in total. The molecule has 206 valence electrons. The standard InChI is InChI=1S/C32H37NO5S/c1-34-31-20-27(32(35-2)30-7-4-3-6-29(30)31)22-38-33-15-12-26(13-16-33)25-8-10-28(11-9-25)37-18-5-17-36-21-24-14-19-39-23-24/h3-4,6-11,14,19-20,23,26H,5,12-13,15-18,21-22H2,1-2H3. The van der Waals surface area contributed by atoms with Gasteiger partial charge in [-0.15, -0.1) is 0 Å². The normalized spacial score (nSPS) is 14.5. The molecule has 3 aromatic carbocycles. The molecule has 0 spiro atoms. The number of methoxy groups -OCH3 is 2. The van der Waals surface area contributed by atoms with Crippen LogP contribution in [0.3, 0.4) is 0 Å². The number of fused-ring (bicyclic) bond motifs is 1. The van der Waals surface area contributed by atoms with Crippen molar-refractivity contribution in [3.05, 3.63) is 88.1 Å². The van der Waals surface area contributed by atoms with Gasteiger partial charge in [-0.3, -0.25) is 4.84 Å². The number of benzene rings is 3. The van der Waals surface area contributed by atoms with Gasteiger partial charge in [0.1, 0.15) is 17.2 Å². The Kier molecular flexibility index (Phi) is 9.72. The molecule has 2 heterocycles. The third-order valence-electron chi connectivity index (χ3n) is 7.22. The number of hydrogen-bond donors (Lipinski definition) is 0. The molecular weight excluding hydrogens is 510 g/mol. The maximum atomic E-state index is 6.22. The van der Waals surface area contributed by atoms with Crippen LogP contribution in [0, 0.1) is 0 Å². The van der Waals surface area contributed by atoms with Crippen LogP contribution in [-0.4, -0.2) is 45.6 Å². The van der Waals surface area contributed by atoms with Gasteiger partial charge in [-0.2, -0.15) is 16.4 Å². The predicted octanol–water partition coefficient (Wildman–Crippen LogP) is 7.22. The number of rotatable bonds is 13. The number of thiophene rings is 1. The van der Waals surface area contributed by atoms with Crippen LogP contribution in [-0.2, 0) is 22.8 Å². The molecule has 6 nitrogen and oxygen atoms in total. The number of nitrogens with zero attached hydrogens (tertiary/aromatic N) is 1. The molecule has 7 heteroatoms. The summed E-state index contributed by atoms with van der Waals surface area (Å²) in [6.07, 6.45) is 2.99. The second kappa shape index (κ2) is 13.8. The van der Waals surface area contributed by atoms with E-state index < -0.39 is 0 Å². The fraction of sp³-hybridized carbons (Fsp3) is 0.375. The number of hydroxylamine groups is 2. The lowest BCUT2D eigenvalue weighted by atomic mass is 9.90. The molecule has 1 aliphatic heterocycles. The van der Waals surface area contributed by atoms with Crippen molar-refractivity contribution in [2.75, 3.05) is 40.5 Å². The van der Waals surface area contributed by atoms with Crippen LogP contribution < -0.4 is 14.2 Å². The Morgan fingerprint density at radius 1 is 0.872 bits per heavy atom. The first kappa shape index (κ1) is 27.5. The topological polar surface area (TPSA) is 49.4 Å². The van der Waals surface area contributed by atoms with Gasteiger partial charge >= 0.3 is 0 Å². The Labute approximate surface area is 235 Å². The Hall–Kier alpha value is -3.10. The number of piperidine rings is 1. The molecule has 1 aliphatic rings. The molecule has 0 bridgehead atoms. The first-order valence-electron chi connectivity index (χ1n) is 13.6. The maximum absolute atomic E-state index is 6.22. The van der Waals surface area contributed by atoms with Crippen LogP contribution in [0.1, 0.15) is 41.9 Å². The van der Waals surface area contributed by atoms with Gasteiger partial charge in [0.15, 0.2) is 0 Å². The van der Waals surface area contributed by atoms with E-state index in [-0.39, 0.29) is 0 Å². The first-order chi connectivity index (χ1) is 19.2. The van der Waals surface area contributed by atoms with Gasteiger partial charge in [0.05, 0.1) is 40.6 Å². The first-order valence-corrected chi connectivity index (χ1v) is 14.5. The van der Waals surface area contributed by atoms with E-state index in [4.69, 9.17) is 23.8 Å². The molecule has 1 fully saturated rings. The molecule has 0 atom stereocenters. The molecule has 1 aromatic heterocycles. The molecule has 39 heavy (non-hydrogen) atoms. The van der Waals surface area contributed by atoms with Gasteiger partial charge < -0.3 is 18.9 Å². The lowest BCUT2D eigenvalue weighted by Gasteiger charge is -2.31. The van der Waals surface area contributed by atoms with E-state index in [1.165, 1.54) is 11.1 Å². The minimum Gasteiger partial charge on any atom is -0.496 e. The lowest BCUT2D eigenvalue weighted by Crippen LogP contribution is -2.33. The van der Waals surface area contributed by atoms with Gasteiger partial charge in [0.25, 0.3) is 0 Å². The molecule has 0 radical (unpaired) electrons. The van der Waals surface area contributed by atoms with Crippen molar-refractivity contribution in [2.45, 2.75) is 38.4 Å². The highest BCUT2D eigenvalue weighted by Crippen LogP contribution is 2.37. The van der Waals surface area contributed by atoms with Crippen LogP contribution in [0.5, 0.6) is 17.2 Å². The van der Waals surface area contributed by atoms with Gasteiger partial charge in [-0.1, -0.05) is 36.4 Å². The van der Waals surface area contributed by atoms with Crippen LogP contribution in [0.2, 0.25) is 0 Å². The fourth-order valence-corrected chi connectivity index (χ4v) is 5.77. The quantitative estimate of drug-likeness (QED) is 0.165. The van der Waals surface area contributed by atoms with Gasteiger partial charge in [0, 0.05) is 35.8 Å². The Bertz CT molecular complexity index is 1300. The van der Waals surface area contributed by atoms with E-state index in [1.54, 1.807) is 25.6 Å². The number of hydrogen-bond acceptors (Lipinski definition) is 7.